The summed E-state index contributed by atoms with van der Waals surface area (Å²) in [6.45, 7) is 8.84. The van der Waals surface area contributed by atoms with E-state index in [1.165, 1.54) is 0 Å². The van der Waals surface area contributed by atoms with Gasteiger partial charge in [-0.25, -0.2) is 4.98 Å². The SMILES string of the molecule is COCCCNCC(C)Sc1nc(C)c(C)o1. The first-order valence-electron chi connectivity index (χ1n) is 5.93. The Morgan fingerprint density at radius 1 is 1.47 bits per heavy atom. The van der Waals surface area contributed by atoms with Gasteiger partial charge in [0.05, 0.1) is 5.69 Å². The summed E-state index contributed by atoms with van der Waals surface area (Å²) in [5.74, 6) is 0.910. The van der Waals surface area contributed by atoms with Gasteiger partial charge in [0.2, 0.25) is 0 Å². The minimum absolute atomic E-state index is 0.454. The van der Waals surface area contributed by atoms with Gasteiger partial charge in [0.15, 0.2) is 0 Å². The normalized spacial score (nSPS) is 12.9. The van der Waals surface area contributed by atoms with Crippen molar-refractivity contribution in [2.75, 3.05) is 26.8 Å². The zero-order chi connectivity index (χ0) is 12.7. The Kier molecular flexibility index (Phi) is 6.62. The van der Waals surface area contributed by atoms with Crippen molar-refractivity contribution in [2.24, 2.45) is 0 Å². The van der Waals surface area contributed by atoms with Crippen molar-refractivity contribution in [3.05, 3.63) is 11.5 Å². The Morgan fingerprint density at radius 3 is 2.82 bits per heavy atom. The Morgan fingerprint density at radius 2 is 2.24 bits per heavy atom. The van der Waals surface area contributed by atoms with E-state index in [2.05, 4.69) is 17.2 Å². The molecular weight excluding hydrogens is 236 g/mol. The van der Waals surface area contributed by atoms with Crippen LogP contribution in [0.3, 0.4) is 0 Å². The number of aryl methyl sites for hydroxylation is 2. The van der Waals surface area contributed by atoms with Crippen LogP contribution < -0.4 is 5.32 Å². The number of ether oxygens (including phenoxy) is 1. The lowest BCUT2D eigenvalue weighted by Gasteiger charge is -2.09. The summed E-state index contributed by atoms with van der Waals surface area (Å²) in [4.78, 5) is 4.36. The second-order valence-corrected chi connectivity index (χ2v) is 5.49. The number of aromatic nitrogens is 1. The van der Waals surface area contributed by atoms with E-state index in [9.17, 15) is 0 Å². The standard InChI is InChI=1S/C12H22N2O2S/c1-9(8-13-6-5-7-15-4)17-12-14-10(2)11(3)16-12/h9,13H,5-8H2,1-4H3. The molecule has 1 N–H and O–H groups in total. The summed E-state index contributed by atoms with van der Waals surface area (Å²) < 4.78 is 10.5. The fourth-order valence-electron chi connectivity index (χ4n) is 1.35. The summed E-state index contributed by atoms with van der Waals surface area (Å²) in [6.07, 6.45) is 1.05. The maximum Gasteiger partial charge on any atom is 0.256 e. The van der Waals surface area contributed by atoms with Crippen LogP contribution in [0.15, 0.2) is 9.64 Å². The summed E-state index contributed by atoms with van der Waals surface area (Å²) in [6, 6.07) is 0. The number of oxazole rings is 1. The molecule has 0 radical (unpaired) electrons. The first-order valence-corrected chi connectivity index (χ1v) is 6.81. The Bertz CT molecular complexity index is 309. The third kappa shape index (κ3) is 5.57. The molecule has 0 spiro atoms. The van der Waals surface area contributed by atoms with E-state index in [1.54, 1.807) is 18.9 Å². The number of nitrogens with zero attached hydrogens (tertiary/aromatic N) is 1. The highest BCUT2D eigenvalue weighted by atomic mass is 32.2. The van der Waals surface area contributed by atoms with Crippen LogP contribution in [0.2, 0.25) is 0 Å². The average Bonchev–Trinajstić information content (AvgIpc) is 2.57. The Labute approximate surface area is 108 Å². The molecule has 1 aromatic heterocycles. The quantitative estimate of drug-likeness (QED) is 0.573. The van der Waals surface area contributed by atoms with Gasteiger partial charge in [0.25, 0.3) is 5.22 Å². The van der Waals surface area contributed by atoms with Crippen LogP contribution in [-0.4, -0.2) is 37.0 Å². The van der Waals surface area contributed by atoms with Crippen molar-refractivity contribution in [1.82, 2.24) is 10.3 Å². The molecule has 0 aliphatic heterocycles. The molecule has 0 bridgehead atoms. The van der Waals surface area contributed by atoms with Crippen molar-refractivity contribution in [3.63, 3.8) is 0 Å². The van der Waals surface area contributed by atoms with Crippen LogP contribution in [-0.2, 0) is 4.74 Å². The van der Waals surface area contributed by atoms with Gasteiger partial charge < -0.3 is 14.5 Å². The summed E-state index contributed by atoms with van der Waals surface area (Å²) in [5, 5.41) is 4.61. The number of hydrogen-bond donors (Lipinski definition) is 1. The molecule has 17 heavy (non-hydrogen) atoms. The molecule has 0 aliphatic rings. The first kappa shape index (κ1) is 14.5. The maximum atomic E-state index is 5.53. The number of rotatable bonds is 8. The van der Waals surface area contributed by atoms with Gasteiger partial charge in [0.1, 0.15) is 5.76 Å². The topological polar surface area (TPSA) is 47.3 Å². The molecule has 0 saturated heterocycles. The molecule has 1 heterocycles. The largest absolute Gasteiger partial charge is 0.437 e. The molecular formula is C12H22N2O2S. The molecule has 1 aromatic rings. The van der Waals surface area contributed by atoms with Gasteiger partial charge in [-0.05, 0) is 26.8 Å². The second-order valence-electron chi connectivity index (χ2n) is 4.10. The van der Waals surface area contributed by atoms with Crippen molar-refractivity contribution < 1.29 is 9.15 Å². The highest BCUT2D eigenvalue weighted by Crippen LogP contribution is 2.23. The molecule has 1 rings (SSSR count). The van der Waals surface area contributed by atoms with E-state index in [0.29, 0.717) is 5.25 Å². The molecule has 98 valence electrons. The van der Waals surface area contributed by atoms with E-state index in [0.717, 1.165) is 42.8 Å². The molecule has 0 amide bonds. The van der Waals surface area contributed by atoms with Crippen LogP contribution in [0.1, 0.15) is 24.8 Å². The minimum Gasteiger partial charge on any atom is -0.437 e. The van der Waals surface area contributed by atoms with Crippen LogP contribution in [0.25, 0.3) is 0 Å². The smallest absolute Gasteiger partial charge is 0.256 e. The first-order chi connectivity index (χ1) is 8.13. The lowest BCUT2D eigenvalue weighted by Crippen LogP contribution is -2.24. The van der Waals surface area contributed by atoms with E-state index in [4.69, 9.17) is 9.15 Å². The van der Waals surface area contributed by atoms with Gasteiger partial charge in [-0.3, -0.25) is 0 Å². The summed E-state index contributed by atoms with van der Waals surface area (Å²) >= 11 is 1.67. The second kappa shape index (κ2) is 7.74. The Hall–Kier alpha value is -0.520. The number of nitrogens with one attached hydrogen (secondary N) is 1. The molecule has 1 unspecified atom stereocenters. The fourth-order valence-corrected chi connectivity index (χ4v) is 2.26. The highest BCUT2D eigenvalue weighted by Gasteiger charge is 2.10. The van der Waals surface area contributed by atoms with Crippen LogP contribution in [0.5, 0.6) is 0 Å². The van der Waals surface area contributed by atoms with Gasteiger partial charge in [0, 0.05) is 25.5 Å². The lowest BCUT2D eigenvalue weighted by atomic mass is 10.4. The number of thioether (sulfide) groups is 1. The van der Waals surface area contributed by atoms with Crippen molar-refractivity contribution in [3.8, 4) is 0 Å². The zero-order valence-electron chi connectivity index (χ0n) is 11.1. The van der Waals surface area contributed by atoms with Gasteiger partial charge in [-0.15, -0.1) is 0 Å². The maximum absolute atomic E-state index is 5.53. The Balaban J connectivity index is 2.18. The highest BCUT2D eigenvalue weighted by molar-refractivity contribution is 7.99. The van der Waals surface area contributed by atoms with Crippen LogP contribution in [0, 0.1) is 13.8 Å². The van der Waals surface area contributed by atoms with Crippen LogP contribution in [0.4, 0.5) is 0 Å². The number of hydrogen-bond acceptors (Lipinski definition) is 5. The van der Waals surface area contributed by atoms with Gasteiger partial charge in [-0.1, -0.05) is 18.7 Å². The molecule has 0 saturated carbocycles. The van der Waals surface area contributed by atoms with Crippen molar-refractivity contribution in [2.45, 2.75) is 37.7 Å². The summed E-state index contributed by atoms with van der Waals surface area (Å²) in [5.41, 5.74) is 0.979. The molecule has 1 atom stereocenters. The summed E-state index contributed by atoms with van der Waals surface area (Å²) in [7, 11) is 1.73. The molecule has 5 heteroatoms. The monoisotopic (exact) mass is 258 g/mol. The van der Waals surface area contributed by atoms with E-state index < -0.39 is 0 Å². The van der Waals surface area contributed by atoms with Crippen molar-refractivity contribution >= 4 is 11.8 Å². The van der Waals surface area contributed by atoms with Gasteiger partial charge >= 0.3 is 0 Å². The molecule has 0 aliphatic carbocycles. The zero-order valence-corrected chi connectivity index (χ0v) is 11.9. The van der Waals surface area contributed by atoms with Gasteiger partial charge in [-0.2, -0.15) is 0 Å². The number of methoxy groups -OCH3 is 1. The predicted octanol–water partition coefficient (Wildman–Crippen LogP) is 2.40. The average molecular weight is 258 g/mol. The predicted molar refractivity (Wildman–Crippen MR) is 70.7 cm³/mol. The fraction of sp³-hybridized carbons (Fsp3) is 0.750. The third-order valence-corrected chi connectivity index (χ3v) is 3.39. The van der Waals surface area contributed by atoms with E-state index in [1.807, 2.05) is 13.8 Å². The lowest BCUT2D eigenvalue weighted by molar-refractivity contribution is 0.194. The van der Waals surface area contributed by atoms with Crippen molar-refractivity contribution in [1.29, 1.82) is 0 Å². The molecule has 0 fully saturated rings. The van der Waals surface area contributed by atoms with Crippen LogP contribution >= 0.6 is 11.8 Å². The minimum atomic E-state index is 0.454. The van der Waals surface area contributed by atoms with E-state index in [-0.39, 0.29) is 0 Å². The molecule has 4 nitrogen and oxygen atoms in total. The molecule has 0 aromatic carbocycles. The van der Waals surface area contributed by atoms with E-state index >= 15 is 0 Å². The third-order valence-electron chi connectivity index (χ3n) is 2.44.